The number of sulfone groups is 1. The largest absolute Gasteiger partial charge is 0.335 e. The Labute approximate surface area is 179 Å². The number of carbonyl (C=O) groups is 1. The van der Waals surface area contributed by atoms with Crippen LogP contribution in [-0.4, -0.2) is 63.3 Å². The third-order valence-corrected chi connectivity index (χ3v) is 9.14. The summed E-state index contributed by atoms with van der Waals surface area (Å²) < 4.78 is 26.0. The zero-order chi connectivity index (χ0) is 20.6. The van der Waals surface area contributed by atoms with Gasteiger partial charge >= 0.3 is 0 Å². The van der Waals surface area contributed by atoms with Crippen LogP contribution in [0.25, 0.3) is 10.7 Å². The van der Waals surface area contributed by atoms with Gasteiger partial charge in [0.2, 0.25) is 5.91 Å². The van der Waals surface area contributed by atoms with Crippen LogP contribution in [0.3, 0.4) is 0 Å². The van der Waals surface area contributed by atoms with E-state index < -0.39 is 9.84 Å². The second kappa shape index (κ2) is 8.39. The van der Waals surface area contributed by atoms with Crippen molar-refractivity contribution in [1.29, 1.82) is 0 Å². The Hall–Kier alpha value is -1.39. The molecule has 1 aliphatic heterocycles. The van der Waals surface area contributed by atoms with Crippen molar-refractivity contribution in [2.24, 2.45) is 0 Å². The number of rotatable bonds is 8. The van der Waals surface area contributed by atoms with Crippen molar-refractivity contribution >= 4 is 38.8 Å². The van der Waals surface area contributed by atoms with Crippen LogP contribution < -0.4 is 0 Å². The van der Waals surface area contributed by atoms with E-state index in [1.54, 1.807) is 16.2 Å². The molecule has 1 saturated heterocycles. The van der Waals surface area contributed by atoms with Crippen molar-refractivity contribution in [1.82, 2.24) is 19.7 Å². The van der Waals surface area contributed by atoms with Gasteiger partial charge in [-0.2, -0.15) is 0 Å². The van der Waals surface area contributed by atoms with Crippen molar-refractivity contribution < 1.29 is 13.2 Å². The highest BCUT2D eigenvalue weighted by molar-refractivity contribution is 7.99. The molecule has 29 heavy (non-hydrogen) atoms. The number of hydrogen-bond acceptors (Lipinski definition) is 7. The zero-order valence-corrected chi connectivity index (χ0v) is 19.1. The highest BCUT2D eigenvalue weighted by atomic mass is 32.2. The third-order valence-electron chi connectivity index (χ3n) is 5.60. The van der Waals surface area contributed by atoms with Crippen molar-refractivity contribution in [3.05, 3.63) is 17.5 Å². The second-order valence-electron chi connectivity index (χ2n) is 7.79. The zero-order valence-electron chi connectivity index (χ0n) is 16.7. The lowest BCUT2D eigenvalue weighted by molar-refractivity contribution is -0.132. The molecule has 2 aromatic heterocycles. The smallest absolute Gasteiger partial charge is 0.233 e. The number of hydrogen-bond donors (Lipinski definition) is 0. The third kappa shape index (κ3) is 4.54. The summed E-state index contributed by atoms with van der Waals surface area (Å²) in [5.41, 5.74) is 0. The highest BCUT2D eigenvalue weighted by Gasteiger charge is 2.37. The van der Waals surface area contributed by atoms with E-state index in [0.29, 0.717) is 12.5 Å². The quantitative estimate of drug-likeness (QED) is 0.569. The Kier molecular flexibility index (Phi) is 6.04. The summed E-state index contributed by atoms with van der Waals surface area (Å²) in [6, 6.07) is 4.25. The molecular formula is C19H26N4O3S3. The number of amides is 1. The Balaban J connectivity index is 1.50. The van der Waals surface area contributed by atoms with E-state index in [2.05, 4.69) is 14.8 Å². The highest BCUT2D eigenvalue weighted by Crippen LogP contribution is 2.41. The van der Waals surface area contributed by atoms with Gasteiger partial charge in [-0.25, -0.2) is 8.42 Å². The molecular weight excluding hydrogens is 428 g/mol. The van der Waals surface area contributed by atoms with Crippen LogP contribution >= 0.6 is 23.1 Å². The second-order valence-corrected chi connectivity index (χ2v) is 11.9. The molecule has 3 heterocycles. The molecule has 2 aliphatic rings. The standard InChI is InChI=1S/C19H26N4O3S3/c1-3-13(2)22(15-8-10-29(25,26)12-15)17(24)11-28-19-21-20-18(16-5-4-9-27-16)23(19)14-6-7-14/h4-5,9,13-15H,3,6-8,10-12H2,1-2H3/t13-,15+/m1/s1. The fraction of sp³-hybridized carbons (Fsp3) is 0.632. The predicted octanol–water partition coefficient (Wildman–Crippen LogP) is 3.25. The van der Waals surface area contributed by atoms with Gasteiger partial charge < -0.3 is 4.90 Å². The first-order chi connectivity index (χ1) is 13.9. The molecule has 0 bridgehead atoms. The summed E-state index contributed by atoms with van der Waals surface area (Å²) in [7, 11) is -3.04. The molecule has 1 amide bonds. The summed E-state index contributed by atoms with van der Waals surface area (Å²) in [5, 5.41) is 11.6. The van der Waals surface area contributed by atoms with Gasteiger partial charge in [0.1, 0.15) is 0 Å². The van der Waals surface area contributed by atoms with Crippen LogP contribution in [0.4, 0.5) is 0 Å². The average Bonchev–Trinajstić information content (AvgIpc) is 3.08. The molecule has 7 nitrogen and oxygen atoms in total. The first-order valence-electron chi connectivity index (χ1n) is 10.0. The molecule has 1 saturated carbocycles. The van der Waals surface area contributed by atoms with Gasteiger partial charge in [0.15, 0.2) is 20.8 Å². The van der Waals surface area contributed by atoms with Crippen LogP contribution in [0, 0.1) is 0 Å². The topological polar surface area (TPSA) is 85.2 Å². The summed E-state index contributed by atoms with van der Waals surface area (Å²) in [5.74, 6) is 1.35. The Bertz CT molecular complexity index is 967. The first kappa shape index (κ1) is 20.9. The summed E-state index contributed by atoms with van der Waals surface area (Å²) in [6.45, 7) is 4.02. The van der Waals surface area contributed by atoms with E-state index >= 15 is 0 Å². The Morgan fingerprint density at radius 1 is 1.38 bits per heavy atom. The first-order valence-corrected chi connectivity index (χ1v) is 13.7. The molecule has 2 atom stereocenters. The molecule has 0 radical (unpaired) electrons. The van der Waals surface area contributed by atoms with E-state index in [0.717, 1.165) is 35.1 Å². The average molecular weight is 455 g/mol. The number of thiophene rings is 1. The lowest BCUT2D eigenvalue weighted by atomic mass is 10.1. The van der Waals surface area contributed by atoms with Gasteiger partial charge in [-0.1, -0.05) is 24.8 Å². The SMILES string of the molecule is CC[C@@H](C)N(C(=O)CSc1nnc(-c2cccs2)n1C1CC1)[C@H]1CCS(=O)(=O)C1. The van der Waals surface area contributed by atoms with Crippen LogP contribution in [-0.2, 0) is 14.6 Å². The van der Waals surface area contributed by atoms with Crippen LogP contribution in [0.1, 0.15) is 45.6 Å². The monoisotopic (exact) mass is 454 g/mol. The molecule has 2 aromatic rings. The van der Waals surface area contributed by atoms with Crippen molar-refractivity contribution in [3.63, 3.8) is 0 Å². The fourth-order valence-corrected chi connectivity index (χ4v) is 7.10. The number of aromatic nitrogens is 3. The molecule has 0 spiro atoms. The Morgan fingerprint density at radius 2 is 2.17 bits per heavy atom. The minimum absolute atomic E-state index is 0.0179. The molecule has 10 heteroatoms. The molecule has 0 unspecified atom stereocenters. The summed E-state index contributed by atoms with van der Waals surface area (Å²) >= 11 is 3.05. The molecule has 1 aliphatic carbocycles. The van der Waals surface area contributed by atoms with Crippen LogP contribution in [0.2, 0.25) is 0 Å². The van der Waals surface area contributed by atoms with E-state index in [1.165, 1.54) is 11.8 Å². The van der Waals surface area contributed by atoms with Gasteiger partial charge in [0.25, 0.3) is 0 Å². The minimum atomic E-state index is -3.04. The lowest BCUT2D eigenvalue weighted by Gasteiger charge is -2.33. The van der Waals surface area contributed by atoms with E-state index in [4.69, 9.17) is 0 Å². The van der Waals surface area contributed by atoms with Crippen molar-refractivity contribution in [2.75, 3.05) is 17.3 Å². The van der Waals surface area contributed by atoms with Gasteiger partial charge in [-0.15, -0.1) is 21.5 Å². The summed E-state index contributed by atoms with van der Waals surface area (Å²) in [6.07, 6.45) is 3.55. The van der Waals surface area contributed by atoms with Crippen molar-refractivity contribution in [2.45, 2.75) is 62.8 Å². The lowest BCUT2D eigenvalue weighted by Crippen LogP contribution is -2.47. The number of carbonyl (C=O) groups excluding carboxylic acids is 1. The van der Waals surface area contributed by atoms with Gasteiger partial charge in [-0.05, 0) is 44.1 Å². The Morgan fingerprint density at radius 3 is 2.76 bits per heavy atom. The maximum absolute atomic E-state index is 13.1. The predicted molar refractivity (Wildman–Crippen MR) is 116 cm³/mol. The number of nitrogens with zero attached hydrogens (tertiary/aromatic N) is 4. The van der Waals surface area contributed by atoms with Crippen LogP contribution in [0.5, 0.6) is 0 Å². The normalized spacial score (nSPS) is 21.9. The fourth-order valence-electron chi connectivity index (χ4n) is 3.81. The van der Waals surface area contributed by atoms with Crippen LogP contribution in [0.15, 0.2) is 22.7 Å². The van der Waals surface area contributed by atoms with Gasteiger partial charge in [0.05, 0.1) is 22.1 Å². The molecule has 2 fully saturated rings. The maximum atomic E-state index is 13.1. The molecule has 0 N–H and O–H groups in total. The van der Waals surface area contributed by atoms with Gasteiger partial charge in [0, 0.05) is 18.1 Å². The number of thioether (sulfide) groups is 1. The maximum Gasteiger partial charge on any atom is 0.233 e. The molecule has 4 rings (SSSR count). The van der Waals surface area contributed by atoms with E-state index in [9.17, 15) is 13.2 Å². The molecule has 0 aromatic carbocycles. The summed E-state index contributed by atoms with van der Waals surface area (Å²) in [4.78, 5) is 16.0. The minimum Gasteiger partial charge on any atom is -0.335 e. The van der Waals surface area contributed by atoms with Crippen molar-refractivity contribution in [3.8, 4) is 10.7 Å². The van der Waals surface area contributed by atoms with E-state index in [1.807, 2.05) is 31.4 Å². The molecule has 158 valence electrons. The van der Waals surface area contributed by atoms with Gasteiger partial charge in [-0.3, -0.25) is 9.36 Å². The van der Waals surface area contributed by atoms with E-state index in [-0.39, 0.29) is 35.2 Å².